The van der Waals surface area contributed by atoms with Crippen molar-refractivity contribution in [3.8, 4) is 0 Å². The number of sulfonamides is 1. The molecule has 0 aliphatic rings. The fraction of sp³-hybridized carbons (Fsp3) is 0. The van der Waals surface area contributed by atoms with E-state index in [4.69, 9.17) is 0 Å². The topological polar surface area (TPSA) is 84.0 Å². The molecule has 0 saturated heterocycles. The van der Waals surface area contributed by atoms with Gasteiger partial charge in [-0.1, -0.05) is 36.4 Å². The van der Waals surface area contributed by atoms with Gasteiger partial charge in [0.15, 0.2) is 11.6 Å². The second kappa shape index (κ2) is 6.45. The first kappa shape index (κ1) is 15.0. The van der Waals surface area contributed by atoms with Crippen molar-refractivity contribution in [3.63, 3.8) is 0 Å². The molecule has 0 radical (unpaired) electrons. The summed E-state index contributed by atoms with van der Waals surface area (Å²) in [6.07, 6.45) is 0. The molecule has 3 aromatic rings. The van der Waals surface area contributed by atoms with Crippen LogP contribution < -0.4 is 10.0 Å². The van der Waals surface area contributed by atoms with Crippen LogP contribution in [0.1, 0.15) is 0 Å². The standard InChI is InChI=1S/C16H14N4O2S/c21-23(22,14-9-5-2-6-10-14)20-16-12-11-15(18-19-16)17-13-7-3-1-4-8-13/h1-12H,(H,17,18)(H,19,20). The summed E-state index contributed by atoms with van der Waals surface area (Å²) < 4.78 is 26.8. The molecule has 6 nitrogen and oxygen atoms in total. The van der Waals surface area contributed by atoms with Gasteiger partial charge >= 0.3 is 0 Å². The second-order valence-corrected chi connectivity index (χ2v) is 6.40. The summed E-state index contributed by atoms with van der Waals surface area (Å²) in [6.45, 7) is 0. The molecule has 2 N–H and O–H groups in total. The number of nitrogens with zero attached hydrogens (tertiary/aromatic N) is 2. The number of hydrogen-bond donors (Lipinski definition) is 2. The van der Waals surface area contributed by atoms with E-state index in [0.29, 0.717) is 5.82 Å². The lowest BCUT2D eigenvalue weighted by atomic mass is 10.3. The molecule has 0 amide bonds. The Morgan fingerprint density at radius 1 is 0.696 bits per heavy atom. The first-order valence-corrected chi connectivity index (χ1v) is 8.35. The van der Waals surface area contributed by atoms with Gasteiger partial charge in [-0.05, 0) is 36.4 Å². The fourth-order valence-corrected chi connectivity index (χ4v) is 2.94. The highest BCUT2D eigenvalue weighted by atomic mass is 32.2. The van der Waals surface area contributed by atoms with Crippen LogP contribution in [-0.4, -0.2) is 18.6 Å². The third-order valence-electron chi connectivity index (χ3n) is 3.00. The van der Waals surface area contributed by atoms with Crippen LogP contribution in [0.5, 0.6) is 0 Å². The van der Waals surface area contributed by atoms with E-state index in [-0.39, 0.29) is 10.7 Å². The van der Waals surface area contributed by atoms with Crippen LogP contribution in [0.15, 0.2) is 77.7 Å². The predicted molar refractivity (Wildman–Crippen MR) is 89.0 cm³/mol. The number of aromatic nitrogens is 2. The summed E-state index contributed by atoms with van der Waals surface area (Å²) in [5.74, 6) is 0.686. The first-order chi connectivity index (χ1) is 11.1. The zero-order chi connectivity index (χ0) is 16.1. The Morgan fingerprint density at radius 3 is 1.87 bits per heavy atom. The molecule has 0 atom stereocenters. The lowest BCUT2D eigenvalue weighted by molar-refractivity contribution is 0.601. The highest BCUT2D eigenvalue weighted by molar-refractivity contribution is 7.92. The zero-order valence-electron chi connectivity index (χ0n) is 12.0. The second-order valence-electron chi connectivity index (χ2n) is 4.71. The van der Waals surface area contributed by atoms with Crippen LogP contribution in [0.25, 0.3) is 0 Å². The number of para-hydroxylation sites is 1. The zero-order valence-corrected chi connectivity index (χ0v) is 12.9. The van der Waals surface area contributed by atoms with Gasteiger partial charge in [-0.15, -0.1) is 10.2 Å². The van der Waals surface area contributed by atoms with Crippen LogP contribution in [0.4, 0.5) is 17.3 Å². The molecule has 3 rings (SSSR count). The quantitative estimate of drug-likeness (QED) is 0.753. The van der Waals surface area contributed by atoms with Gasteiger partial charge in [-0.2, -0.15) is 0 Å². The number of anilines is 3. The van der Waals surface area contributed by atoms with Crippen LogP contribution in [-0.2, 0) is 10.0 Å². The third-order valence-corrected chi connectivity index (χ3v) is 4.37. The highest BCUT2D eigenvalue weighted by Crippen LogP contribution is 2.16. The van der Waals surface area contributed by atoms with Gasteiger partial charge in [-0.3, -0.25) is 4.72 Å². The Kier molecular flexibility index (Phi) is 4.20. The number of nitrogens with one attached hydrogen (secondary N) is 2. The fourth-order valence-electron chi connectivity index (χ4n) is 1.92. The van der Waals surface area contributed by atoms with Crippen molar-refractivity contribution in [2.24, 2.45) is 0 Å². The molecule has 23 heavy (non-hydrogen) atoms. The smallest absolute Gasteiger partial charge is 0.263 e. The molecule has 0 saturated carbocycles. The maximum Gasteiger partial charge on any atom is 0.263 e. The van der Waals surface area contributed by atoms with E-state index in [9.17, 15) is 8.42 Å². The van der Waals surface area contributed by atoms with E-state index in [0.717, 1.165) is 5.69 Å². The molecule has 1 aromatic heterocycles. The maximum atomic E-state index is 12.2. The van der Waals surface area contributed by atoms with Crippen molar-refractivity contribution >= 4 is 27.3 Å². The van der Waals surface area contributed by atoms with E-state index in [1.807, 2.05) is 30.3 Å². The highest BCUT2D eigenvalue weighted by Gasteiger charge is 2.14. The van der Waals surface area contributed by atoms with Gasteiger partial charge in [0.05, 0.1) is 4.90 Å². The van der Waals surface area contributed by atoms with Crippen LogP contribution in [0.2, 0.25) is 0 Å². The maximum absolute atomic E-state index is 12.2. The SMILES string of the molecule is O=S(=O)(Nc1ccc(Nc2ccccc2)nn1)c1ccccc1. The molecule has 116 valence electrons. The number of benzene rings is 2. The van der Waals surface area contributed by atoms with Gasteiger partial charge in [0.25, 0.3) is 10.0 Å². The van der Waals surface area contributed by atoms with E-state index >= 15 is 0 Å². The summed E-state index contributed by atoms with van der Waals surface area (Å²) in [4.78, 5) is 0.174. The minimum Gasteiger partial charge on any atom is -0.339 e. The van der Waals surface area contributed by atoms with E-state index in [2.05, 4.69) is 20.2 Å². The predicted octanol–water partition coefficient (Wildman–Crippen LogP) is 3.02. The van der Waals surface area contributed by atoms with Crippen LogP contribution in [0, 0.1) is 0 Å². The molecular weight excluding hydrogens is 312 g/mol. The van der Waals surface area contributed by atoms with Crippen molar-refractivity contribution < 1.29 is 8.42 Å². The van der Waals surface area contributed by atoms with E-state index < -0.39 is 10.0 Å². The number of rotatable bonds is 5. The Balaban J connectivity index is 1.73. The summed E-state index contributed by atoms with van der Waals surface area (Å²) in [5.41, 5.74) is 0.874. The lowest BCUT2D eigenvalue weighted by Crippen LogP contribution is -2.14. The Labute approximate surface area is 134 Å². The van der Waals surface area contributed by atoms with Crippen molar-refractivity contribution in [1.29, 1.82) is 0 Å². The van der Waals surface area contributed by atoms with Crippen LogP contribution in [0.3, 0.4) is 0 Å². The van der Waals surface area contributed by atoms with Crippen molar-refractivity contribution in [3.05, 3.63) is 72.8 Å². The van der Waals surface area contributed by atoms with E-state index in [1.165, 1.54) is 12.1 Å². The normalized spacial score (nSPS) is 11.0. The van der Waals surface area contributed by atoms with Gasteiger partial charge in [0.2, 0.25) is 0 Å². The molecule has 7 heteroatoms. The molecular formula is C16H14N4O2S. The van der Waals surface area contributed by atoms with Crippen molar-refractivity contribution in [2.75, 3.05) is 10.0 Å². The monoisotopic (exact) mass is 326 g/mol. The van der Waals surface area contributed by atoms with Crippen molar-refractivity contribution in [2.45, 2.75) is 4.90 Å². The average Bonchev–Trinajstić information content (AvgIpc) is 2.58. The van der Waals surface area contributed by atoms with Crippen molar-refractivity contribution in [1.82, 2.24) is 10.2 Å². The minimum atomic E-state index is -3.66. The third kappa shape index (κ3) is 3.83. The summed E-state index contributed by atoms with van der Waals surface area (Å²) in [7, 11) is -3.66. The molecule has 0 bridgehead atoms. The molecule has 1 heterocycles. The molecule has 0 unspecified atom stereocenters. The summed E-state index contributed by atoms with van der Waals surface area (Å²) >= 11 is 0. The Hall–Kier alpha value is -2.93. The average molecular weight is 326 g/mol. The first-order valence-electron chi connectivity index (χ1n) is 6.87. The molecule has 0 fully saturated rings. The van der Waals surface area contributed by atoms with Gasteiger partial charge in [0, 0.05) is 5.69 Å². The summed E-state index contributed by atoms with van der Waals surface area (Å²) in [6, 6.07) is 20.8. The molecule has 0 spiro atoms. The Morgan fingerprint density at radius 2 is 1.26 bits per heavy atom. The minimum absolute atomic E-state index is 0.160. The van der Waals surface area contributed by atoms with Gasteiger partial charge in [0.1, 0.15) is 0 Å². The Bertz CT molecular complexity index is 867. The van der Waals surface area contributed by atoms with Gasteiger partial charge < -0.3 is 5.32 Å². The van der Waals surface area contributed by atoms with Crippen LogP contribution >= 0.6 is 0 Å². The number of hydrogen-bond acceptors (Lipinski definition) is 5. The lowest BCUT2D eigenvalue weighted by Gasteiger charge is -2.08. The molecule has 0 aliphatic heterocycles. The summed E-state index contributed by atoms with van der Waals surface area (Å²) in [5, 5.41) is 10.9. The molecule has 2 aromatic carbocycles. The van der Waals surface area contributed by atoms with Gasteiger partial charge in [-0.25, -0.2) is 8.42 Å². The molecule has 0 aliphatic carbocycles. The largest absolute Gasteiger partial charge is 0.339 e. The van der Waals surface area contributed by atoms with E-state index in [1.54, 1.807) is 30.3 Å².